The van der Waals surface area contributed by atoms with Gasteiger partial charge in [-0.3, -0.25) is 0 Å². The van der Waals surface area contributed by atoms with Crippen molar-refractivity contribution in [1.29, 1.82) is 0 Å². The number of hydrogen-bond donors (Lipinski definition) is 0. The molecule has 1 heterocycles. The number of rotatable bonds is 16. The molecule has 1 aliphatic rings. The van der Waals surface area contributed by atoms with Crippen LogP contribution in [0.4, 0.5) is 0 Å². The summed E-state index contributed by atoms with van der Waals surface area (Å²) in [6.45, 7) is 10.4. The van der Waals surface area contributed by atoms with E-state index in [4.69, 9.17) is 9.47 Å². The molecular formula is C21H43NO2. The molecule has 1 fully saturated rings. The van der Waals surface area contributed by atoms with Crippen LogP contribution in [0.5, 0.6) is 0 Å². The molecule has 0 radical (unpaired) electrons. The summed E-state index contributed by atoms with van der Waals surface area (Å²) in [7, 11) is 1.79. The second-order valence-electron chi connectivity index (χ2n) is 7.69. The molecule has 3 nitrogen and oxygen atoms in total. The van der Waals surface area contributed by atoms with Gasteiger partial charge in [-0.1, -0.05) is 46.0 Å². The molecule has 0 aromatic heterocycles. The standard InChI is InChI=1S/C21H43NO2/c1-4-21(24-18-12-16-22-14-9-10-15-22)19-20(2)13-8-6-5-7-11-17-23-3/h20-21H,4-19H2,1-3H3. The Kier molecular flexibility index (Phi) is 13.8. The highest BCUT2D eigenvalue weighted by Gasteiger charge is 2.13. The minimum Gasteiger partial charge on any atom is -0.385 e. The quantitative estimate of drug-likeness (QED) is 0.356. The van der Waals surface area contributed by atoms with Crippen molar-refractivity contribution in [2.24, 2.45) is 5.92 Å². The van der Waals surface area contributed by atoms with Crippen LogP contribution in [0.3, 0.4) is 0 Å². The van der Waals surface area contributed by atoms with Crippen molar-refractivity contribution >= 4 is 0 Å². The molecule has 2 atom stereocenters. The van der Waals surface area contributed by atoms with E-state index in [-0.39, 0.29) is 0 Å². The molecule has 0 bridgehead atoms. The van der Waals surface area contributed by atoms with Gasteiger partial charge >= 0.3 is 0 Å². The summed E-state index contributed by atoms with van der Waals surface area (Å²) < 4.78 is 11.2. The highest BCUT2D eigenvalue weighted by atomic mass is 16.5. The monoisotopic (exact) mass is 341 g/mol. The second-order valence-corrected chi connectivity index (χ2v) is 7.69. The first-order valence-corrected chi connectivity index (χ1v) is 10.6. The van der Waals surface area contributed by atoms with Gasteiger partial charge in [0.1, 0.15) is 0 Å². The number of nitrogens with zero attached hydrogens (tertiary/aromatic N) is 1. The van der Waals surface area contributed by atoms with E-state index in [1.54, 1.807) is 7.11 Å². The summed E-state index contributed by atoms with van der Waals surface area (Å²) in [5.41, 5.74) is 0. The summed E-state index contributed by atoms with van der Waals surface area (Å²) in [6, 6.07) is 0. The van der Waals surface area contributed by atoms with Gasteiger partial charge in [-0.2, -0.15) is 0 Å². The molecule has 1 rings (SSSR count). The van der Waals surface area contributed by atoms with Crippen molar-refractivity contribution in [3.8, 4) is 0 Å². The first-order chi connectivity index (χ1) is 11.8. The molecule has 144 valence electrons. The zero-order valence-corrected chi connectivity index (χ0v) is 16.7. The topological polar surface area (TPSA) is 21.7 Å². The Morgan fingerprint density at radius 1 is 0.917 bits per heavy atom. The predicted molar refractivity (Wildman–Crippen MR) is 104 cm³/mol. The summed E-state index contributed by atoms with van der Waals surface area (Å²) in [5.74, 6) is 0.799. The number of hydrogen-bond acceptors (Lipinski definition) is 3. The first kappa shape index (κ1) is 21.9. The van der Waals surface area contributed by atoms with E-state index in [9.17, 15) is 0 Å². The maximum absolute atomic E-state index is 6.15. The predicted octanol–water partition coefficient (Wildman–Crippen LogP) is 5.28. The van der Waals surface area contributed by atoms with E-state index < -0.39 is 0 Å². The van der Waals surface area contributed by atoms with Crippen LogP contribution in [-0.4, -0.2) is 51.0 Å². The molecule has 2 unspecified atom stereocenters. The van der Waals surface area contributed by atoms with Gasteiger partial charge < -0.3 is 14.4 Å². The molecule has 0 N–H and O–H groups in total. The van der Waals surface area contributed by atoms with Crippen LogP contribution < -0.4 is 0 Å². The highest BCUT2D eigenvalue weighted by molar-refractivity contribution is 4.66. The van der Waals surface area contributed by atoms with Gasteiger partial charge in [-0.05, 0) is 57.5 Å². The molecule has 1 saturated heterocycles. The molecule has 0 aromatic carbocycles. The van der Waals surface area contributed by atoms with E-state index >= 15 is 0 Å². The molecule has 0 amide bonds. The third kappa shape index (κ3) is 11.4. The van der Waals surface area contributed by atoms with Crippen LogP contribution in [0.15, 0.2) is 0 Å². The van der Waals surface area contributed by atoms with Gasteiger partial charge in [0.05, 0.1) is 6.10 Å². The van der Waals surface area contributed by atoms with E-state index in [1.807, 2.05) is 0 Å². The van der Waals surface area contributed by atoms with Crippen molar-refractivity contribution in [2.75, 3.05) is 40.0 Å². The van der Waals surface area contributed by atoms with Crippen LogP contribution in [0.25, 0.3) is 0 Å². The van der Waals surface area contributed by atoms with Gasteiger partial charge in [0.2, 0.25) is 0 Å². The van der Waals surface area contributed by atoms with Crippen LogP contribution >= 0.6 is 0 Å². The number of ether oxygens (including phenoxy) is 2. The Hall–Kier alpha value is -0.120. The fourth-order valence-electron chi connectivity index (χ4n) is 3.73. The average molecular weight is 342 g/mol. The van der Waals surface area contributed by atoms with E-state index in [0.29, 0.717) is 6.10 Å². The highest BCUT2D eigenvalue weighted by Crippen LogP contribution is 2.19. The van der Waals surface area contributed by atoms with Gasteiger partial charge in [0.15, 0.2) is 0 Å². The molecule has 0 aliphatic carbocycles. The molecular weight excluding hydrogens is 298 g/mol. The number of likely N-dealkylation sites (tertiary alicyclic amines) is 1. The largest absolute Gasteiger partial charge is 0.385 e. The minimum atomic E-state index is 0.472. The van der Waals surface area contributed by atoms with Crippen molar-refractivity contribution < 1.29 is 9.47 Å². The molecule has 0 aromatic rings. The summed E-state index contributed by atoms with van der Waals surface area (Å²) in [6.07, 6.45) is 14.9. The lowest BCUT2D eigenvalue weighted by atomic mass is 9.95. The van der Waals surface area contributed by atoms with Crippen molar-refractivity contribution in [1.82, 2.24) is 4.90 Å². The van der Waals surface area contributed by atoms with Crippen LogP contribution in [0.2, 0.25) is 0 Å². The Balaban J connectivity index is 1.95. The SMILES string of the molecule is CCC(CC(C)CCCCCCCOC)OCCCN1CCCC1. The van der Waals surface area contributed by atoms with Crippen LogP contribution in [-0.2, 0) is 9.47 Å². The van der Waals surface area contributed by atoms with E-state index in [2.05, 4.69) is 18.7 Å². The fourth-order valence-corrected chi connectivity index (χ4v) is 3.73. The molecule has 0 spiro atoms. The Morgan fingerprint density at radius 3 is 2.33 bits per heavy atom. The maximum atomic E-state index is 6.15. The van der Waals surface area contributed by atoms with Crippen LogP contribution in [0, 0.1) is 5.92 Å². The van der Waals surface area contributed by atoms with Gasteiger partial charge in [0, 0.05) is 26.9 Å². The zero-order chi connectivity index (χ0) is 17.5. The third-order valence-corrected chi connectivity index (χ3v) is 5.34. The lowest BCUT2D eigenvalue weighted by Crippen LogP contribution is -2.23. The van der Waals surface area contributed by atoms with Crippen LogP contribution in [0.1, 0.15) is 84.5 Å². The average Bonchev–Trinajstić information content (AvgIpc) is 3.10. The fraction of sp³-hybridized carbons (Fsp3) is 1.00. The lowest BCUT2D eigenvalue weighted by molar-refractivity contribution is 0.0297. The number of methoxy groups -OCH3 is 1. The molecule has 1 aliphatic heterocycles. The summed E-state index contributed by atoms with van der Waals surface area (Å²) >= 11 is 0. The third-order valence-electron chi connectivity index (χ3n) is 5.34. The lowest BCUT2D eigenvalue weighted by Gasteiger charge is -2.21. The smallest absolute Gasteiger partial charge is 0.0575 e. The van der Waals surface area contributed by atoms with Gasteiger partial charge in [0.25, 0.3) is 0 Å². The summed E-state index contributed by atoms with van der Waals surface area (Å²) in [5, 5.41) is 0. The molecule has 24 heavy (non-hydrogen) atoms. The van der Waals surface area contributed by atoms with Gasteiger partial charge in [-0.15, -0.1) is 0 Å². The van der Waals surface area contributed by atoms with Gasteiger partial charge in [-0.25, -0.2) is 0 Å². The molecule has 3 heteroatoms. The Bertz CT molecular complexity index is 267. The molecule has 0 saturated carbocycles. The van der Waals surface area contributed by atoms with E-state index in [1.165, 1.54) is 83.8 Å². The van der Waals surface area contributed by atoms with Crippen molar-refractivity contribution in [3.63, 3.8) is 0 Å². The number of unbranched alkanes of at least 4 members (excludes halogenated alkanes) is 4. The summed E-state index contributed by atoms with van der Waals surface area (Å²) in [4.78, 5) is 2.58. The van der Waals surface area contributed by atoms with E-state index in [0.717, 1.165) is 25.6 Å². The minimum absolute atomic E-state index is 0.472. The Labute approximate surface area is 151 Å². The van der Waals surface area contributed by atoms with Crippen molar-refractivity contribution in [3.05, 3.63) is 0 Å². The normalized spacial score (nSPS) is 18.1. The Morgan fingerprint density at radius 2 is 1.62 bits per heavy atom. The second kappa shape index (κ2) is 15.2. The first-order valence-electron chi connectivity index (χ1n) is 10.6. The maximum Gasteiger partial charge on any atom is 0.0575 e. The zero-order valence-electron chi connectivity index (χ0n) is 16.7. The van der Waals surface area contributed by atoms with Crippen molar-refractivity contribution in [2.45, 2.75) is 90.6 Å².